The minimum Gasteiger partial charge on any atom is -0.369 e. The number of hydrogen-bond acceptors (Lipinski definition) is 7. The van der Waals surface area contributed by atoms with Crippen molar-refractivity contribution in [3.63, 3.8) is 0 Å². The molecule has 0 saturated carbocycles. The molecule has 0 aromatic heterocycles. The Morgan fingerprint density at radius 3 is 2.50 bits per heavy atom. The van der Waals surface area contributed by atoms with Crippen LogP contribution in [0.1, 0.15) is 13.3 Å². The van der Waals surface area contributed by atoms with E-state index in [-0.39, 0.29) is 28.9 Å². The van der Waals surface area contributed by atoms with Crippen LogP contribution < -0.4 is 10.0 Å². The molecule has 0 aliphatic carbocycles. The van der Waals surface area contributed by atoms with E-state index in [1.54, 1.807) is 42.2 Å². The van der Waals surface area contributed by atoms with Gasteiger partial charge in [0.05, 0.1) is 17.1 Å². The molecule has 2 aromatic carbocycles. The molecule has 38 heavy (non-hydrogen) atoms. The summed E-state index contributed by atoms with van der Waals surface area (Å²) in [7, 11) is -2.01. The number of morpholine rings is 2. The van der Waals surface area contributed by atoms with E-state index in [2.05, 4.69) is 14.9 Å². The highest BCUT2D eigenvalue weighted by Crippen LogP contribution is 2.25. The number of nitrogens with one attached hydrogen (secondary N) is 2. The van der Waals surface area contributed by atoms with Crippen LogP contribution >= 0.6 is 11.6 Å². The van der Waals surface area contributed by atoms with Crippen LogP contribution in [0.2, 0.25) is 5.02 Å². The number of nitrogens with zero attached hydrogens (tertiary/aromatic N) is 3. The summed E-state index contributed by atoms with van der Waals surface area (Å²) in [6.07, 6.45) is 0.192. The summed E-state index contributed by atoms with van der Waals surface area (Å²) in [5, 5.41) is 5.29. The topological polar surface area (TPSA) is 111 Å². The van der Waals surface area contributed by atoms with Crippen molar-refractivity contribution in [2.75, 3.05) is 52.9 Å². The zero-order chi connectivity index (χ0) is 27.0. The van der Waals surface area contributed by atoms with E-state index < -0.39 is 22.1 Å². The number of hydrogen-bond donors (Lipinski definition) is 2. The predicted molar refractivity (Wildman–Crippen MR) is 144 cm³/mol. The number of benzene rings is 2. The highest BCUT2D eigenvalue weighted by Gasteiger charge is 2.42. The summed E-state index contributed by atoms with van der Waals surface area (Å²) < 4.78 is 34.8. The van der Waals surface area contributed by atoms with Crippen molar-refractivity contribution in [2.24, 2.45) is 0 Å². The van der Waals surface area contributed by atoms with E-state index >= 15 is 0 Å². The van der Waals surface area contributed by atoms with E-state index in [4.69, 9.17) is 16.3 Å². The molecule has 2 bridgehead atoms. The number of carbonyl (C=O) groups excluding carboxylic acids is 2. The van der Waals surface area contributed by atoms with Crippen molar-refractivity contribution < 1.29 is 22.7 Å². The van der Waals surface area contributed by atoms with E-state index in [0.717, 1.165) is 37.0 Å². The van der Waals surface area contributed by atoms with Crippen LogP contribution in [0.5, 0.6) is 0 Å². The van der Waals surface area contributed by atoms with Crippen LogP contribution in [0.15, 0.2) is 41.3 Å². The Bertz CT molecular complexity index is 1310. The Hall–Kier alpha value is -2.28. The number of halogens is 1. The van der Waals surface area contributed by atoms with Gasteiger partial charge in [0, 0.05) is 50.8 Å². The average molecular weight is 564 g/mol. The van der Waals surface area contributed by atoms with Crippen molar-refractivity contribution >= 4 is 44.2 Å². The lowest BCUT2D eigenvalue weighted by Crippen LogP contribution is -2.63. The lowest BCUT2D eigenvalue weighted by Gasteiger charge is -2.46. The normalized spacial score (nSPS) is 25.2. The maximum Gasteiger partial charge on any atom is 0.245 e. The molecular formula is C26H34ClN5O5S. The van der Waals surface area contributed by atoms with Gasteiger partial charge in [-0.2, -0.15) is 4.72 Å². The van der Waals surface area contributed by atoms with E-state index in [1.807, 2.05) is 7.05 Å². The first-order valence-corrected chi connectivity index (χ1v) is 14.8. The number of ether oxygens (including phenoxy) is 1. The smallest absolute Gasteiger partial charge is 0.245 e. The fourth-order valence-electron chi connectivity index (χ4n) is 5.62. The highest BCUT2D eigenvalue weighted by molar-refractivity contribution is 7.89. The average Bonchev–Trinajstić information content (AvgIpc) is 3.24. The summed E-state index contributed by atoms with van der Waals surface area (Å²) in [6, 6.07) is 8.38. The summed E-state index contributed by atoms with van der Waals surface area (Å²) in [5.74, 6) is -0.509. The Labute approximate surface area is 228 Å². The van der Waals surface area contributed by atoms with Crippen molar-refractivity contribution in [2.45, 2.75) is 42.5 Å². The molecule has 0 spiro atoms. The third-order valence-corrected chi connectivity index (χ3v) is 9.30. The number of sulfonamides is 1. The fourth-order valence-corrected chi connectivity index (χ4v) is 7.06. The van der Waals surface area contributed by atoms with Crippen LogP contribution in [0.25, 0.3) is 10.8 Å². The number of amides is 2. The SMILES string of the molecule is CNCCN1C[C@H]2CN(C(=O)C(C)N3CC[C@H](NS(=O)(=O)c4ccc5cc(Cl)ccc5c4)C3=O)C[C@H](C1)O2. The van der Waals surface area contributed by atoms with Gasteiger partial charge in [-0.3, -0.25) is 14.5 Å². The van der Waals surface area contributed by atoms with E-state index in [0.29, 0.717) is 31.1 Å². The molecular weight excluding hydrogens is 530 g/mol. The monoisotopic (exact) mass is 563 g/mol. The lowest BCUT2D eigenvalue weighted by atomic mass is 10.1. The molecule has 3 saturated heterocycles. The number of rotatable bonds is 8. The van der Waals surface area contributed by atoms with Gasteiger partial charge in [-0.05, 0) is 55.4 Å². The second-order valence-electron chi connectivity index (χ2n) is 10.3. The molecule has 2 N–H and O–H groups in total. The maximum atomic E-state index is 13.4. The van der Waals surface area contributed by atoms with Crippen molar-refractivity contribution in [1.82, 2.24) is 24.7 Å². The van der Waals surface area contributed by atoms with Gasteiger partial charge in [-0.15, -0.1) is 0 Å². The van der Waals surface area contributed by atoms with Crippen LogP contribution in [0.3, 0.4) is 0 Å². The molecule has 10 nitrogen and oxygen atoms in total. The zero-order valence-corrected chi connectivity index (χ0v) is 23.2. The number of carbonyl (C=O) groups is 2. The van der Waals surface area contributed by atoms with E-state index in [9.17, 15) is 18.0 Å². The molecule has 3 heterocycles. The maximum absolute atomic E-state index is 13.4. The molecule has 206 valence electrons. The van der Waals surface area contributed by atoms with Crippen molar-refractivity contribution in [3.8, 4) is 0 Å². The van der Waals surface area contributed by atoms with Gasteiger partial charge in [-0.25, -0.2) is 8.42 Å². The van der Waals surface area contributed by atoms with Gasteiger partial charge in [-0.1, -0.05) is 23.7 Å². The molecule has 5 rings (SSSR count). The molecule has 12 heteroatoms. The molecule has 1 unspecified atom stereocenters. The van der Waals surface area contributed by atoms with Crippen molar-refractivity contribution in [1.29, 1.82) is 0 Å². The van der Waals surface area contributed by atoms with Gasteiger partial charge < -0.3 is 19.9 Å². The second kappa shape index (κ2) is 11.1. The third-order valence-electron chi connectivity index (χ3n) is 7.59. The third kappa shape index (κ3) is 5.68. The van der Waals surface area contributed by atoms with Gasteiger partial charge >= 0.3 is 0 Å². The Balaban J connectivity index is 1.21. The fraction of sp³-hybridized carbons (Fsp3) is 0.538. The molecule has 2 amide bonds. The lowest BCUT2D eigenvalue weighted by molar-refractivity contribution is -0.165. The quantitative estimate of drug-likeness (QED) is 0.491. The van der Waals surface area contributed by atoms with Crippen LogP contribution in [0, 0.1) is 0 Å². The minimum absolute atomic E-state index is 0.0534. The molecule has 0 radical (unpaired) electrons. The van der Waals surface area contributed by atoms with Crippen molar-refractivity contribution in [3.05, 3.63) is 41.4 Å². The minimum atomic E-state index is -3.94. The van der Waals surface area contributed by atoms with Gasteiger partial charge in [0.1, 0.15) is 12.1 Å². The van der Waals surface area contributed by atoms with Crippen LogP contribution in [-0.4, -0.2) is 112 Å². The molecule has 2 aromatic rings. The summed E-state index contributed by atoms with van der Waals surface area (Å²) >= 11 is 6.03. The van der Waals surface area contributed by atoms with E-state index in [1.165, 1.54) is 11.0 Å². The summed E-state index contributed by atoms with van der Waals surface area (Å²) in [4.78, 5) is 32.3. The molecule has 3 aliphatic heterocycles. The summed E-state index contributed by atoms with van der Waals surface area (Å²) in [5.41, 5.74) is 0. The Kier molecular flexibility index (Phi) is 7.95. The Morgan fingerprint density at radius 1 is 1.11 bits per heavy atom. The zero-order valence-electron chi connectivity index (χ0n) is 21.6. The predicted octanol–water partition coefficient (Wildman–Crippen LogP) is 0.892. The van der Waals surface area contributed by atoms with Gasteiger partial charge in [0.25, 0.3) is 0 Å². The number of likely N-dealkylation sites (tertiary alicyclic amines) is 1. The second-order valence-corrected chi connectivity index (χ2v) is 12.5. The van der Waals surface area contributed by atoms with Crippen LogP contribution in [-0.2, 0) is 24.3 Å². The number of fused-ring (bicyclic) bond motifs is 3. The first kappa shape index (κ1) is 27.3. The highest BCUT2D eigenvalue weighted by atomic mass is 35.5. The Morgan fingerprint density at radius 2 is 1.79 bits per heavy atom. The molecule has 4 atom stereocenters. The van der Waals surface area contributed by atoms with Gasteiger partial charge in [0.15, 0.2) is 0 Å². The largest absolute Gasteiger partial charge is 0.369 e. The standard InChI is InChI=1S/C26H34ClN5O5S/c1-17(25(33)31-15-21-13-30(10-8-28-2)14-22(16-31)37-21)32-9-7-24(26(32)34)29-38(35,36)23-6-4-18-11-20(27)5-3-19(18)12-23/h3-6,11-12,17,21-22,24,28-29H,7-10,13-16H2,1-2H3/t17?,21-,22-,24-/m0/s1. The molecule has 3 aliphatic rings. The first-order valence-electron chi connectivity index (χ1n) is 13.0. The van der Waals surface area contributed by atoms with Crippen LogP contribution in [0.4, 0.5) is 0 Å². The first-order chi connectivity index (χ1) is 18.1. The molecule has 3 fully saturated rings. The summed E-state index contributed by atoms with van der Waals surface area (Å²) in [6.45, 7) is 6.37. The van der Waals surface area contributed by atoms with Gasteiger partial charge in [0.2, 0.25) is 21.8 Å². The number of likely N-dealkylation sites (N-methyl/N-ethyl adjacent to an activating group) is 1.